The molecule has 0 bridgehead atoms. The lowest BCUT2D eigenvalue weighted by atomic mass is 10.2. The second-order valence-electron chi connectivity index (χ2n) is 4.38. The highest BCUT2D eigenvalue weighted by Gasteiger charge is 2.02. The molecule has 0 rings (SSSR count). The summed E-state index contributed by atoms with van der Waals surface area (Å²) < 4.78 is 5.65. The second kappa shape index (κ2) is 8.21. The Morgan fingerprint density at radius 1 is 1.21 bits per heavy atom. The van der Waals surface area contributed by atoms with E-state index < -0.39 is 0 Å². The van der Waals surface area contributed by atoms with Gasteiger partial charge in [0, 0.05) is 12.6 Å². The summed E-state index contributed by atoms with van der Waals surface area (Å²) in [6.45, 7) is 9.34. The molecule has 0 spiro atoms. The van der Waals surface area contributed by atoms with Crippen LogP contribution < -0.4 is 5.32 Å². The molecule has 0 radical (unpaired) electrons. The summed E-state index contributed by atoms with van der Waals surface area (Å²) in [6, 6.07) is 0.573. The van der Waals surface area contributed by atoms with E-state index in [0.29, 0.717) is 12.1 Å². The summed E-state index contributed by atoms with van der Waals surface area (Å²) in [5.74, 6) is 0. The number of rotatable bonds is 8. The smallest absolute Gasteiger partial charge is 0.0596 e. The maximum Gasteiger partial charge on any atom is 0.0596 e. The first-order valence-electron chi connectivity index (χ1n) is 5.52. The third-order valence-electron chi connectivity index (χ3n) is 2.04. The van der Waals surface area contributed by atoms with Gasteiger partial charge in [-0.3, -0.25) is 0 Å². The van der Waals surface area contributed by atoms with Crippen LogP contribution in [0, 0.1) is 0 Å². The molecule has 14 heavy (non-hydrogen) atoms. The summed E-state index contributed by atoms with van der Waals surface area (Å²) in [7, 11) is 4.13. The lowest BCUT2D eigenvalue weighted by Gasteiger charge is -2.16. The molecule has 0 saturated heterocycles. The third-order valence-corrected chi connectivity index (χ3v) is 2.04. The highest BCUT2D eigenvalue weighted by atomic mass is 16.5. The second-order valence-corrected chi connectivity index (χ2v) is 4.38. The van der Waals surface area contributed by atoms with Crippen LogP contribution in [0.5, 0.6) is 0 Å². The molecule has 0 aromatic heterocycles. The predicted octanol–water partition coefficient (Wildman–Crippen LogP) is 1.34. The Hall–Kier alpha value is -0.120. The van der Waals surface area contributed by atoms with Gasteiger partial charge in [0.2, 0.25) is 0 Å². The van der Waals surface area contributed by atoms with Crippen molar-refractivity contribution in [3.63, 3.8) is 0 Å². The van der Waals surface area contributed by atoms with E-state index in [1.807, 2.05) is 0 Å². The fourth-order valence-corrected chi connectivity index (χ4v) is 1.10. The van der Waals surface area contributed by atoms with Gasteiger partial charge >= 0.3 is 0 Å². The molecule has 0 aliphatic carbocycles. The Balaban J connectivity index is 3.23. The van der Waals surface area contributed by atoms with Crippen molar-refractivity contribution in [2.24, 2.45) is 0 Å². The van der Waals surface area contributed by atoms with E-state index in [1.54, 1.807) is 0 Å². The van der Waals surface area contributed by atoms with Gasteiger partial charge in [-0.05, 0) is 34.0 Å². The Morgan fingerprint density at radius 2 is 1.86 bits per heavy atom. The highest BCUT2D eigenvalue weighted by molar-refractivity contribution is 4.57. The summed E-state index contributed by atoms with van der Waals surface area (Å²) in [6.07, 6.45) is 1.45. The molecular formula is C11H26N2O. The monoisotopic (exact) mass is 202 g/mol. The largest absolute Gasteiger partial charge is 0.377 e. The lowest BCUT2D eigenvalue weighted by Crippen LogP contribution is -2.27. The molecule has 0 aliphatic rings. The van der Waals surface area contributed by atoms with Gasteiger partial charge < -0.3 is 15.0 Å². The summed E-state index contributed by atoms with van der Waals surface area (Å²) in [4.78, 5) is 2.14. The minimum Gasteiger partial charge on any atom is -0.377 e. The molecule has 0 amide bonds. The molecule has 0 aromatic rings. The summed E-state index contributed by atoms with van der Waals surface area (Å²) >= 11 is 0. The minimum atomic E-state index is 0.362. The fraction of sp³-hybridized carbons (Fsp3) is 1.00. The van der Waals surface area contributed by atoms with Crippen molar-refractivity contribution in [2.75, 3.05) is 33.8 Å². The molecule has 1 unspecified atom stereocenters. The minimum absolute atomic E-state index is 0.362. The van der Waals surface area contributed by atoms with Crippen molar-refractivity contribution in [1.82, 2.24) is 10.2 Å². The van der Waals surface area contributed by atoms with Crippen molar-refractivity contribution in [3.8, 4) is 0 Å². The number of likely N-dealkylation sites (N-methyl/N-ethyl adjacent to an activating group) is 1. The number of nitrogens with one attached hydrogen (secondary N) is 1. The van der Waals surface area contributed by atoms with E-state index >= 15 is 0 Å². The zero-order valence-corrected chi connectivity index (χ0v) is 10.3. The van der Waals surface area contributed by atoms with Gasteiger partial charge in [0.1, 0.15) is 0 Å². The molecular weight excluding hydrogens is 176 g/mol. The highest BCUT2D eigenvalue weighted by Crippen LogP contribution is 1.96. The van der Waals surface area contributed by atoms with Gasteiger partial charge in [-0.2, -0.15) is 0 Å². The lowest BCUT2D eigenvalue weighted by molar-refractivity contribution is 0.0507. The van der Waals surface area contributed by atoms with E-state index in [1.165, 1.54) is 0 Å². The zero-order valence-electron chi connectivity index (χ0n) is 10.3. The Bertz CT molecular complexity index is 112. The first-order valence-corrected chi connectivity index (χ1v) is 5.52. The van der Waals surface area contributed by atoms with Crippen molar-refractivity contribution < 1.29 is 4.74 Å². The van der Waals surface area contributed by atoms with Crippen LogP contribution in [0.25, 0.3) is 0 Å². The van der Waals surface area contributed by atoms with E-state index in [2.05, 4.69) is 45.1 Å². The quantitative estimate of drug-likeness (QED) is 0.643. The Morgan fingerprint density at radius 3 is 2.36 bits per heavy atom. The standard InChI is InChI=1S/C11H26N2O/c1-10(2)12-7-6-11(3)14-9-8-13(4)5/h10-12H,6-9H2,1-5H3. The van der Waals surface area contributed by atoms with Gasteiger partial charge in [-0.1, -0.05) is 13.8 Å². The van der Waals surface area contributed by atoms with Crippen LogP contribution in [0.2, 0.25) is 0 Å². The van der Waals surface area contributed by atoms with Crippen LogP contribution in [-0.2, 0) is 4.74 Å². The van der Waals surface area contributed by atoms with Gasteiger partial charge in [-0.25, -0.2) is 0 Å². The van der Waals surface area contributed by atoms with Crippen molar-refractivity contribution >= 4 is 0 Å². The molecule has 0 heterocycles. The topological polar surface area (TPSA) is 24.5 Å². The average molecular weight is 202 g/mol. The number of hydrogen-bond donors (Lipinski definition) is 1. The van der Waals surface area contributed by atoms with Gasteiger partial charge in [0.05, 0.1) is 12.7 Å². The molecule has 0 aliphatic heterocycles. The molecule has 1 N–H and O–H groups in total. The fourth-order valence-electron chi connectivity index (χ4n) is 1.10. The average Bonchev–Trinajstić information content (AvgIpc) is 2.02. The first-order chi connectivity index (χ1) is 6.52. The Labute approximate surface area is 88.8 Å². The molecule has 0 fully saturated rings. The first kappa shape index (κ1) is 13.9. The zero-order chi connectivity index (χ0) is 11.0. The van der Waals surface area contributed by atoms with Crippen LogP contribution in [0.1, 0.15) is 27.2 Å². The molecule has 1 atom stereocenters. The molecule has 3 heteroatoms. The van der Waals surface area contributed by atoms with Crippen LogP contribution in [0.4, 0.5) is 0 Å². The molecule has 86 valence electrons. The van der Waals surface area contributed by atoms with Crippen LogP contribution in [0.15, 0.2) is 0 Å². The molecule has 3 nitrogen and oxygen atoms in total. The maximum atomic E-state index is 5.65. The SMILES string of the molecule is CC(C)NCCC(C)OCCN(C)C. The summed E-state index contributed by atoms with van der Waals surface area (Å²) in [5.41, 5.74) is 0. The van der Waals surface area contributed by atoms with E-state index in [0.717, 1.165) is 26.1 Å². The number of nitrogens with zero attached hydrogens (tertiary/aromatic N) is 1. The van der Waals surface area contributed by atoms with Crippen LogP contribution in [0.3, 0.4) is 0 Å². The maximum absolute atomic E-state index is 5.65. The van der Waals surface area contributed by atoms with Crippen LogP contribution in [-0.4, -0.2) is 50.8 Å². The van der Waals surface area contributed by atoms with E-state index in [9.17, 15) is 0 Å². The number of hydrogen-bond acceptors (Lipinski definition) is 3. The van der Waals surface area contributed by atoms with Crippen molar-refractivity contribution in [2.45, 2.75) is 39.3 Å². The molecule has 0 saturated carbocycles. The summed E-state index contributed by atoms with van der Waals surface area (Å²) in [5, 5.41) is 3.39. The Kier molecular flexibility index (Phi) is 8.14. The molecule has 0 aromatic carbocycles. The van der Waals surface area contributed by atoms with E-state index in [4.69, 9.17) is 4.74 Å². The number of ether oxygens (including phenoxy) is 1. The van der Waals surface area contributed by atoms with Crippen molar-refractivity contribution in [1.29, 1.82) is 0 Å². The van der Waals surface area contributed by atoms with E-state index in [-0.39, 0.29) is 0 Å². The van der Waals surface area contributed by atoms with Crippen LogP contribution >= 0.6 is 0 Å². The normalized spacial score (nSPS) is 13.9. The third kappa shape index (κ3) is 9.96. The van der Waals surface area contributed by atoms with Gasteiger partial charge in [0.25, 0.3) is 0 Å². The van der Waals surface area contributed by atoms with Gasteiger partial charge in [0.15, 0.2) is 0 Å². The van der Waals surface area contributed by atoms with Gasteiger partial charge in [-0.15, -0.1) is 0 Å². The predicted molar refractivity (Wildman–Crippen MR) is 61.7 cm³/mol. The van der Waals surface area contributed by atoms with Crippen molar-refractivity contribution in [3.05, 3.63) is 0 Å².